The molecule has 0 aliphatic carbocycles. The van der Waals surface area contributed by atoms with Gasteiger partial charge in [0, 0.05) is 26.0 Å². The van der Waals surface area contributed by atoms with Crippen molar-refractivity contribution < 1.29 is 12.9 Å². The highest BCUT2D eigenvalue weighted by Gasteiger charge is 2.38. The van der Waals surface area contributed by atoms with E-state index in [-0.39, 0.29) is 11.4 Å². The van der Waals surface area contributed by atoms with Crippen LogP contribution in [-0.4, -0.2) is 21.6 Å². The topological polar surface area (TPSA) is 55.4 Å². The molecule has 0 saturated carbocycles. The first kappa shape index (κ1) is 22.2. The standard InChI is InChI=1S/C25H28NO3PS/c1-20-12-14-23(15-13-20)31(27,28)26-18-19-29-30-24(21-8-4-2-5-9-21)16-17-25(30)22-10-6-3-7-11-22/h2-15,24-26H,16-19H2,1H3. The lowest BCUT2D eigenvalue weighted by Gasteiger charge is -2.26. The Balaban J connectivity index is 1.43. The number of benzene rings is 3. The highest BCUT2D eigenvalue weighted by Crippen LogP contribution is 2.70. The monoisotopic (exact) mass is 453 g/mol. The molecule has 3 aromatic rings. The van der Waals surface area contributed by atoms with E-state index in [9.17, 15) is 8.42 Å². The molecule has 162 valence electrons. The van der Waals surface area contributed by atoms with Crippen molar-refractivity contribution in [2.45, 2.75) is 36.0 Å². The van der Waals surface area contributed by atoms with E-state index in [1.165, 1.54) is 11.1 Å². The van der Waals surface area contributed by atoms with Crippen molar-refractivity contribution in [2.24, 2.45) is 0 Å². The molecule has 31 heavy (non-hydrogen) atoms. The molecule has 0 radical (unpaired) electrons. The molecule has 2 unspecified atom stereocenters. The molecule has 1 aliphatic heterocycles. The van der Waals surface area contributed by atoms with Gasteiger partial charge in [-0.25, -0.2) is 13.1 Å². The molecule has 0 aromatic heterocycles. The van der Waals surface area contributed by atoms with Crippen molar-refractivity contribution in [3.05, 3.63) is 102 Å². The van der Waals surface area contributed by atoms with Gasteiger partial charge >= 0.3 is 0 Å². The number of rotatable bonds is 8. The molecular weight excluding hydrogens is 425 g/mol. The molecule has 0 amide bonds. The number of nitrogens with one attached hydrogen (secondary N) is 1. The van der Waals surface area contributed by atoms with Crippen molar-refractivity contribution in [1.29, 1.82) is 0 Å². The summed E-state index contributed by atoms with van der Waals surface area (Å²) < 4.78 is 34.2. The Kier molecular flexibility index (Phi) is 7.19. The van der Waals surface area contributed by atoms with E-state index >= 15 is 0 Å². The van der Waals surface area contributed by atoms with Gasteiger partial charge in [-0.15, -0.1) is 0 Å². The van der Waals surface area contributed by atoms with Crippen molar-refractivity contribution in [1.82, 2.24) is 4.72 Å². The fourth-order valence-electron chi connectivity index (χ4n) is 4.07. The summed E-state index contributed by atoms with van der Waals surface area (Å²) in [5, 5.41) is 0. The van der Waals surface area contributed by atoms with Crippen molar-refractivity contribution in [3.8, 4) is 0 Å². The lowest BCUT2D eigenvalue weighted by Crippen LogP contribution is -2.27. The molecule has 0 bridgehead atoms. The van der Waals surface area contributed by atoms with E-state index in [1.54, 1.807) is 12.1 Å². The van der Waals surface area contributed by atoms with Crippen LogP contribution in [0.4, 0.5) is 0 Å². The molecule has 1 aliphatic rings. The normalized spacial score (nSPS) is 21.3. The van der Waals surface area contributed by atoms with E-state index < -0.39 is 18.2 Å². The number of hydrogen-bond donors (Lipinski definition) is 1. The number of aryl methyl sites for hydroxylation is 1. The Morgan fingerprint density at radius 2 is 1.35 bits per heavy atom. The number of hydrogen-bond acceptors (Lipinski definition) is 3. The molecule has 2 atom stereocenters. The van der Waals surface area contributed by atoms with Crippen LogP contribution in [0, 0.1) is 6.92 Å². The van der Waals surface area contributed by atoms with Crippen LogP contribution in [-0.2, 0) is 14.5 Å². The van der Waals surface area contributed by atoms with Crippen LogP contribution in [0.2, 0.25) is 0 Å². The first-order chi connectivity index (χ1) is 15.0. The number of sulfonamides is 1. The predicted molar refractivity (Wildman–Crippen MR) is 127 cm³/mol. The van der Waals surface area contributed by atoms with Crippen LogP contribution in [0.5, 0.6) is 0 Å². The molecule has 1 heterocycles. The van der Waals surface area contributed by atoms with Gasteiger partial charge in [0.15, 0.2) is 0 Å². The quantitative estimate of drug-likeness (QED) is 0.338. The highest BCUT2D eigenvalue weighted by atomic mass is 32.2. The van der Waals surface area contributed by atoms with Crippen LogP contribution in [0.3, 0.4) is 0 Å². The van der Waals surface area contributed by atoms with Gasteiger partial charge in [-0.1, -0.05) is 78.4 Å². The maximum absolute atomic E-state index is 12.5. The SMILES string of the molecule is Cc1ccc(S(=O)(=O)NCCOP2C(c3ccccc3)CCC2c2ccccc2)cc1. The van der Waals surface area contributed by atoms with E-state index in [0.29, 0.717) is 17.9 Å². The molecule has 1 saturated heterocycles. The van der Waals surface area contributed by atoms with Crippen LogP contribution in [0.1, 0.15) is 40.8 Å². The molecule has 0 spiro atoms. The fourth-order valence-corrected chi connectivity index (χ4v) is 7.92. The van der Waals surface area contributed by atoms with Crippen molar-refractivity contribution in [2.75, 3.05) is 13.2 Å². The van der Waals surface area contributed by atoms with Gasteiger partial charge in [0.05, 0.1) is 11.5 Å². The predicted octanol–water partition coefficient (Wildman–Crippen LogP) is 5.96. The summed E-state index contributed by atoms with van der Waals surface area (Å²) in [4.78, 5) is 0.286. The van der Waals surface area contributed by atoms with Gasteiger partial charge in [0.2, 0.25) is 10.0 Å². The van der Waals surface area contributed by atoms with Crippen LogP contribution in [0.15, 0.2) is 89.8 Å². The fraction of sp³-hybridized carbons (Fsp3) is 0.280. The van der Waals surface area contributed by atoms with E-state index in [0.717, 1.165) is 18.4 Å². The van der Waals surface area contributed by atoms with E-state index in [1.807, 2.05) is 31.2 Å². The Labute approximate surface area is 186 Å². The lowest BCUT2D eigenvalue weighted by molar-refractivity contribution is 0.351. The van der Waals surface area contributed by atoms with Crippen molar-refractivity contribution in [3.63, 3.8) is 0 Å². The summed E-state index contributed by atoms with van der Waals surface area (Å²) in [6.45, 7) is 2.56. The van der Waals surface area contributed by atoms with Gasteiger partial charge in [0.1, 0.15) is 0 Å². The second kappa shape index (κ2) is 10.1. The lowest BCUT2D eigenvalue weighted by atomic mass is 10.0. The third kappa shape index (κ3) is 5.42. The Morgan fingerprint density at radius 3 is 1.87 bits per heavy atom. The van der Waals surface area contributed by atoms with Crippen LogP contribution >= 0.6 is 8.15 Å². The summed E-state index contributed by atoms with van der Waals surface area (Å²) >= 11 is 0. The minimum Gasteiger partial charge on any atom is -0.357 e. The zero-order valence-corrected chi connectivity index (χ0v) is 19.4. The third-order valence-electron chi connectivity index (χ3n) is 5.66. The Bertz CT molecular complexity index is 1030. The molecular formula is C25H28NO3PS. The summed E-state index contributed by atoms with van der Waals surface area (Å²) in [7, 11) is -4.29. The first-order valence-corrected chi connectivity index (χ1v) is 13.5. The maximum atomic E-state index is 12.5. The maximum Gasteiger partial charge on any atom is 0.240 e. The molecule has 1 N–H and O–H groups in total. The summed E-state index contributed by atoms with van der Waals surface area (Å²) in [6, 6.07) is 28.0. The van der Waals surface area contributed by atoms with E-state index in [2.05, 4.69) is 53.3 Å². The Morgan fingerprint density at radius 1 is 0.839 bits per heavy atom. The minimum absolute atomic E-state index is 0.262. The largest absolute Gasteiger partial charge is 0.357 e. The Hall–Kier alpha value is -2.04. The third-order valence-corrected chi connectivity index (χ3v) is 9.96. The second-order valence-electron chi connectivity index (χ2n) is 7.83. The molecule has 3 aromatic carbocycles. The smallest absolute Gasteiger partial charge is 0.240 e. The van der Waals surface area contributed by atoms with Crippen molar-refractivity contribution >= 4 is 18.2 Å². The molecule has 1 fully saturated rings. The zero-order chi connectivity index (χ0) is 21.7. The minimum atomic E-state index is -3.53. The average Bonchev–Trinajstić information content (AvgIpc) is 3.22. The summed E-state index contributed by atoms with van der Waals surface area (Å²) in [5.74, 6) is 0. The van der Waals surface area contributed by atoms with E-state index in [4.69, 9.17) is 4.52 Å². The van der Waals surface area contributed by atoms with Gasteiger partial charge in [-0.2, -0.15) is 0 Å². The van der Waals surface area contributed by atoms with Crippen LogP contribution in [0.25, 0.3) is 0 Å². The molecule has 6 heteroatoms. The first-order valence-electron chi connectivity index (χ1n) is 10.6. The second-order valence-corrected chi connectivity index (χ2v) is 11.8. The van der Waals surface area contributed by atoms with Gasteiger partial charge < -0.3 is 4.52 Å². The average molecular weight is 454 g/mol. The van der Waals surface area contributed by atoms with Gasteiger partial charge in [-0.3, -0.25) is 0 Å². The molecule has 4 nitrogen and oxygen atoms in total. The summed E-state index contributed by atoms with van der Waals surface area (Å²) in [6.07, 6.45) is 2.18. The highest BCUT2D eigenvalue weighted by molar-refractivity contribution is 7.89. The van der Waals surface area contributed by atoms with Gasteiger partial charge in [0.25, 0.3) is 0 Å². The van der Waals surface area contributed by atoms with Crippen LogP contribution < -0.4 is 4.72 Å². The zero-order valence-electron chi connectivity index (χ0n) is 17.6. The summed E-state index contributed by atoms with van der Waals surface area (Å²) in [5.41, 5.74) is 4.40. The van der Waals surface area contributed by atoms with Gasteiger partial charge in [-0.05, 0) is 43.0 Å². The molecule has 4 rings (SSSR count).